The van der Waals surface area contributed by atoms with E-state index in [4.69, 9.17) is 0 Å². The lowest BCUT2D eigenvalue weighted by molar-refractivity contribution is -0.384. The Balaban J connectivity index is 1.45. The second kappa shape index (κ2) is 9.10. The first-order valence-corrected chi connectivity index (χ1v) is 10.7. The molecule has 1 N–H and O–H groups in total. The standard InChI is InChI=1S/C19H22N4O5S/c24-19(12-15-3-5-17(6-4-15)23(25)26)21-13-16-7-10-22(11-8-16)29(27,28)18-2-1-9-20-14-18/h1-6,9,14,16H,7-8,10-13H2,(H,21,24). The average molecular weight is 418 g/mol. The van der Waals surface area contributed by atoms with Crippen LogP contribution in [0.4, 0.5) is 5.69 Å². The third kappa shape index (κ3) is 5.36. The van der Waals surface area contributed by atoms with Crippen LogP contribution < -0.4 is 5.32 Å². The van der Waals surface area contributed by atoms with Crippen molar-refractivity contribution >= 4 is 21.6 Å². The zero-order valence-electron chi connectivity index (χ0n) is 15.7. The van der Waals surface area contributed by atoms with Crippen LogP contribution in [0.2, 0.25) is 0 Å². The molecule has 1 amide bonds. The zero-order chi connectivity index (χ0) is 20.9. The number of benzene rings is 1. The van der Waals surface area contributed by atoms with Crippen molar-refractivity contribution in [2.24, 2.45) is 5.92 Å². The molecule has 29 heavy (non-hydrogen) atoms. The first-order chi connectivity index (χ1) is 13.9. The Labute approximate surface area is 169 Å². The highest BCUT2D eigenvalue weighted by molar-refractivity contribution is 7.89. The highest BCUT2D eigenvalue weighted by Crippen LogP contribution is 2.23. The van der Waals surface area contributed by atoms with Crippen LogP contribution in [0.5, 0.6) is 0 Å². The number of carbonyl (C=O) groups excluding carboxylic acids is 1. The van der Waals surface area contributed by atoms with Gasteiger partial charge in [0.15, 0.2) is 0 Å². The number of piperidine rings is 1. The number of carbonyl (C=O) groups is 1. The van der Waals surface area contributed by atoms with Crippen molar-refractivity contribution in [3.05, 3.63) is 64.5 Å². The Bertz CT molecular complexity index is 956. The van der Waals surface area contributed by atoms with Gasteiger partial charge in [-0.3, -0.25) is 19.9 Å². The maximum absolute atomic E-state index is 12.6. The van der Waals surface area contributed by atoms with Gasteiger partial charge in [0.1, 0.15) is 4.90 Å². The SMILES string of the molecule is O=C(Cc1ccc([N+](=O)[O-])cc1)NCC1CCN(S(=O)(=O)c2cccnc2)CC1. The van der Waals surface area contributed by atoms with E-state index >= 15 is 0 Å². The Morgan fingerprint density at radius 2 is 1.90 bits per heavy atom. The zero-order valence-corrected chi connectivity index (χ0v) is 16.5. The molecule has 1 aromatic heterocycles. The fraction of sp³-hybridized carbons (Fsp3) is 0.368. The lowest BCUT2D eigenvalue weighted by atomic mass is 9.98. The number of rotatable bonds is 7. The van der Waals surface area contributed by atoms with E-state index in [9.17, 15) is 23.3 Å². The van der Waals surface area contributed by atoms with Crippen molar-refractivity contribution < 1.29 is 18.1 Å². The molecular formula is C19H22N4O5S. The van der Waals surface area contributed by atoms with Gasteiger partial charge < -0.3 is 5.32 Å². The van der Waals surface area contributed by atoms with Crippen LogP contribution in [0, 0.1) is 16.0 Å². The molecule has 1 aliphatic rings. The molecule has 154 valence electrons. The minimum absolute atomic E-state index is 0.0119. The summed E-state index contributed by atoms with van der Waals surface area (Å²) < 4.78 is 26.7. The summed E-state index contributed by atoms with van der Waals surface area (Å²) in [4.78, 5) is 26.4. The van der Waals surface area contributed by atoms with E-state index < -0.39 is 14.9 Å². The first kappa shape index (κ1) is 20.9. The fourth-order valence-electron chi connectivity index (χ4n) is 3.24. The van der Waals surface area contributed by atoms with Gasteiger partial charge in [-0.15, -0.1) is 0 Å². The predicted octanol–water partition coefficient (Wildman–Crippen LogP) is 1.75. The Hall–Kier alpha value is -2.85. The number of nitro benzene ring substituents is 1. The lowest BCUT2D eigenvalue weighted by Crippen LogP contribution is -2.41. The fourth-order valence-corrected chi connectivity index (χ4v) is 4.68. The second-order valence-corrected chi connectivity index (χ2v) is 8.88. The molecule has 0 bridgehead atoms. The summed E-state index contributed by atoms with van der Waals surface area (Å²) in [6.07, 6.45) is 4.35. The number of sulfonamides is 1. The molecule has 0 radical (unpaired) electrons. The van der Waals surface area contributed by atoms with E-state index in [1.165, 1.54) is 34.9 Å². The molecule has 1 saturated heterocycles. The van der Waals surface area contributed by atoms with Crippen LogP contribution in [0.1, 0.15) is 18.4 Å². The molecule has 1 fully saturated rings. The van der Waals surface area contributed by atoms with E-state index in [0.29, 0.717) is 38.0 Å². The Kier molecular flexibility index (Phi) is 6.55. The van der Waals surface area contributed by atoms with Gasteiger partial charge in [-0.1, -0.05) is 12.1 Å². The molecular weight excluding hydrogens is 396 g/mol. The molecule has 10 heteroatoms. The third-order valence-electron chi connectivity index (χ3n) is 4.95. The molecule has 2 aromatic rings. The predicted molar refractivity (Wildman–Crippen MR) is 106 cm³/mol. The van der Waals surface area contributed by atoms with Crippen LogP contribution in [0.3, 0.4) is 0 Å². The smallest absolute Gasteiger partial charge is 0.269 e. The molecule has 3 rings (SSSR count). The van der Waals surface area contributed by atoms with Crippen LogP contribution >= 0.6 is 0 Å². The van der Waals surface area contributed by atoms with Crippen LogP contribution in [0.15, 0.2) is 53.7 Å². The van der Waals surface area contributed by atoms with Crippen molar-refractivity contribution in [1.29, 1.82) is 0 Å². The molecule has 1 aliphatic heterocycles. The van der Waals surface area contributed by atoms with Gasteiger partial charge in [0.05, 0.1) is 11.3 Å². The molecule has 0 spiro atoms. The third-order valence-corrected chi connectivity index (χ3v) is 6.83. The molecule has 1 aromatic carbocycles. The number of aromatic nitrogens is 1. The monoisotopic (exact) mass is 418 g/mol. The summed E-state index contributed by atoms with van der Waals surface area (Å²) in [5.41, 5.74) is 0.688. The van der Waals surface area contributed by atoms with Crippen molar-refractivity contribution in [3.63, 3.8) is 0 Å². The van der Waals surface area contributed by atoms with Gasteiger partial charge in [-0.05, 0) is 36.5 Å². The Morgan fingerprint density at radius 1 is 1.21 bits per heavy atom. The number of nitrogens with one attached hydrogen (secondary N) is 1. The molecule has 0 saturated carbocycles. The highest BCUT2D eigenvalue weighted by atomic mass is 32.2. The second-order valence-electron chi connectivity index (χ2n) is 6.94. The van der Waals surface area contributed by atoms with Gasteiger partial charge in [-0.25, -0.2) is 8.42 Å². The van der Waals surface area contributed by atoms with Gasteiger partial charge in [0, 0.05) is 44.2 Å². The summed E-state index contributed by atoms with van der Waals surface area (Å²) >= 11 is 0. The lowest BCUT2D eigenvalue weighted by Gasteiger charge is -2.31. The van der Waals surface area contributed by atoms with E-state index in [0.717, 1.165) is 0 Å². The molecule has 2 heterocycles. The quantitative estimate of drug-likeness (QED) is 0.540. The number of amides is 1. The first-order valence-electron chi connectivity index (χ1n) is 9.26. The molecule has 0 atom stereocenters. The van der Waals surface area contributed by atoms with Crippen LogP contribution in [-0.4, -0.2) is 48.2 Å². The number of nitro groups is 1. The summed E-state index contributed by atoms with van der Waals surface area (Å²) in [7, 11) is -3.53. The molecule has 0 aliphatic carbocycles. The summed E-state index contributed by atoms with van der Waals surface area (Å²) in [5.74, 6) is 0.0421. The van der Waals surface area contributed by atoms with Crippen LogP contribution in [0.25, 0.3) is 0 Å². The maximum Gasteiger partial charge on any atom is 0.269 e. The van der Waals surface area contributed by atoms with Crippen molar-refractivity contribution in [3.8, 4) is 0 Å². The topological polar surface area (TPSA) is 123 Å². The number of hydrogen-bond acceptors (Lipinski definition) is 6. The number of hydrogen-bond donors (Lipinski definition) is 1. The minimum atomic E-state index is -3.53. The van der Waals surface area contributed by atoms with Crippen molar-refractivity contribution in [2.45, 2.75) is 24.2 Å². The Morgan fingerprint density at radius 3 is 2.48 bits per heavy atom. The number of nitrogens with zero attached hydrogens (tertiary/aromatic N) is 3. The largest absolute Gasteiger partial charge is 0.356 e. The summed E-state index contributed by atoms with van der Waals surface area (Å²) in [6, 6.07) is 9.02. The van der Waals surface area contributed by atoms with Crippen molar-refractivity contribution in [2.75, 3.05) is 19.6 Å². The summed E-state index contributed by atoms with van der Waals surface area (Å²) in [6.45, 7) is 1.28. The van der Waals surface area contributed by atoms with E-state index in [1.54, 1.807) is 18.2 Å². The van der Waals surface area contributed by atoms with E-state index in [1.807, 2.05) is 0 Å². The maximum atomic E-state index is 12.6. The average Bonchev–Trinajstić information content (AvgIpc) is 2.73. The highest BCUT2D eigenvalue weighted by Gasteiger charge is 2.29. The number of pyridine rings is 1. The van der Waals surface area contributed by atoms with Crippen molar-refractivity contribution in [1.82, 2.24) is 14.6 Å². The molecule has 9 nitrogen and oxygen atoms in total. The van der Waals surface area contributed by atoms with Crippen LogP contribution in [-0.2, 0) is 21.2 Å². The summed E-state index contributed by atoms with van der Waals surface area (Å²) in [5, 5.41) is 13.5. The minimum Gasteiger partial charge on any atom is -0.356 e. The van der Waals surface area contributed by atoms with E-state index in [-0.39, 0.29) is 28.8 Å². The number of non-ortho nitro benzene ring substituents is 1. The van der Waals surface area contributed by atoms with Gasteiger partial charge in [0.25, 0.3) is 5.69 Å². The normalized spacial score (nSPS) is 15.7. The van der Waals surface area contributed by atoms with E-state index in [2.05, 4.69) is 10.3 Å². The van der Waals surface area contributed by atoms with Gasteiger partial charge in [-0.2, -0.15) is 4.31 Å². The molecule has 0 unspecified atom stereocenters. The van der Waals surface area contributed by atoms with Gasteiger partial charge >= 0.3 is 0 Å². The van der Waals surface area contributed by atoms with Gasteiger partial charge in [0.2, 0.25) is 15.9 Å².